The molecule has 2 atom stereocenters. The molecule has 2 unspecified atom stereocenters. The second kappa shape index (κ2) is 11.8. The Morgan fingerprint density at radius 2 is 2.04 bits per heavy atom. The van der Waals surface area contributed by atoms with Crippen LogP contribution in [-0.2, 0) is 4.79 Å². The first-order chi connectivity index (χ1) is 11.7. The molecule has 0 bridgehead atoms. The number of nitrogens with zero attached hydrogens (tertiary/aromatic N) is 3. The van der Waals surface area contributed by atoms with Gasteiger partial charge in [0.25, 0.3) is 0 Å². The van der Waals surface area contributed by atoms with Crippen LogP contribution in [0.2, 0.25) is 0 Å². The van der Waals surface area contributed by atoms with E-state index in [1.54, 1.807) is 5.12 Å². The molecule has 0 spiro atoms. The number of carboxylic acids is 1. The van der Waals surface area contributed by atoms with E-state index < -0.39 is 11.2 Å². The molecule has 5 N–H and O–H groups in total. The summed E-state index contributed by atoms with van der Waals surface area (Å²) in [7, 11) is 0. The predicted octanol–water partition coefficient (Wildman–Crippen LogP) is 3.15. The van der Waals surface area contributed by atoms with Gasteiger partial charge in [0, 0.05) is 0 Å². The average molecular weight is 355 g/mol. The molecule has 1 aromatic carbocycles. The van der Waals surface area contributed by atoms with Gasteiger partial charge in [-0.2, -0.15) is 10.5 Å². The van der Waals surface area contributed by atoms with E-state index in [0.29, 0.717) is 6.42 Å². The zero-order valence-corrected chi connectivity index (χ0v) is 14.5. The molecular weight excluding hydrogens is 330 g/mol. The second-order valence-electron chi connectivity index (χ2n) is 5.15. The van der Waals surface area contributed by atoms with Crippen LogP contribution in [0.3, 0.4) is 0 Å². The summed E-state index contributed by atoms with van der Waals surface area (Å²) < 4.78 is 0. The molecule has 1 aromatic rings. The lowest BCUT2D eigenvalue weighted by atomic mass is 10.1. The number of thioether (sulfide) groups is 1. The fraction of sp³-hybridized carbons (Fsp3) is 0.533. The van der Waals surface area contributed by atoms with Crippen LogP contribution in [0.15, 0.2) is 40.7 Å². The highest BCUT2D eigenvalue weighted by atomic mass is 32.2. The number of nitrogens with two attached hydrogens (primary N) is 1. The van der Waals surface area contributed by atoms with Crippen LogP contribution in [0.5, 0.6) is 0 Å². The van der Waals surface area contributed by atoms with Gasteiger partial charge in [0.1, 0.15) is 5.25 Å². The lowest BCUT2D eigenvalue weighted by molar-refractivity contribution is -0.136. The zero-order chi connectivity index (χ0) is 17.8. The van der Waals surface area contributed by atoms with Crippen molar-refractivity contribution >= 4 is 23.4 Å². The third kappa shape index (κ3) is 6.83. The molecule has 0 aromatic heterocycles. The summed E-state index contributed by atoms with van der Waals surface area (Å²) in [6.45, 7) is 2.14. The fourth-order valence-corrected chi connectivity index (χ4v) is 3.16. The Bertz CT molecular complexity index is 503. The van der Waals surface area contributed by atoms with Crippen molar-refractivity contribution in [3.8, 4) is 0 Å². The van der Waals surface area contributed by atoms with Crippen molar-refractivity contribution in [1.29, 1.82) is 0 Å². The van der Waals surface area contributed by atoms with E-state index in [0.717, 1.165) is 31.4 Å². The standard InChI is InChI=1S/C15H22N4O2S.H3NO/c1-2-3-4-8-11-13(14(20)21)22-15-16-18-19(17-15)12-9-6-5-7-10-12;1-2/h5-7,9-10,13,15,17H,2-4,8,11H2,1H3,(H,20,21);2H,1H2. The molecule has 8 nitrogen and oxygen atoms in total. The molecule has 1 aliphatic heterocycles. The van der Waals surface area contributed by atoms with Crippen molar-refractivity contribution < 1.29 is 15.1 Å². The van der Waals surface area contributed by atoms with Gasteiger partial charge in [0.05, 0.1) is 5.69 Å². The van der Waals surface area contributed by atoms with Crippen molar-refractivity contribution in [2.75, 3.05) is 5.12 Å². The lowest BCUT2D eigenvalue weighted by Crippen LogP contribution is -2.35. The SMILES string of the molecule is CCCCCCC(SC1N=NN(c2ccccc2)N1)C(=O)O.NO. The average Bonchev–Trinajstić information content (AvgIpc) is 3.08. The Balaban J connectivity index is 0.00000139. The molecular formula is C15H25N5O3S. The van der Waals surface area contributed by atoms with Crippen molar-refractivity contribution in [2.24, 2.45) is 16.2 Å². The highest BCUT2D eigenvalue weighted by molar-refractivity contribution is 8.01. The summed E-state index contributed by atoms with van der Waals surface area (Å²) >= 11 is 1.30. The van der Waals surface area contributed by atoms with E-state index in [9.17, 15) is 9.90 Å². The molecule has 1 heterocycles. The van der Waals surface area contributed by atoms with Crippen LogP contribution >= 0.6 is 11.8 Å². The quantitative estimate of drug-likeness (QED) is 0.396. The number of hydrogen-bond donors (Lipinski definition) is 4. The number of rotatable bonds is 9. The van der Waals surface area contributed by atoms with Gasteiger partial charge < -0.3 is 10.3 Å². The molecule has 0 saturated heterocycles. The van der Waals surface area contributed by atoms with Crippen LogP contribution in [0.4, 0.5) is 5.69 Å². The van der Waals surface area contributed by atoms with Gasteiger partial charge in [-0.05, 0) is 18.6 Å². The monoisotopic (exact) mass is 355 g/mol. The van der Waals surface area contributed by atoms with Gasteiger partial charge in [-0.3, -0.25) is 4.79 Å². The van der Waals surface area contributed by atoms with Crippen molar-refractivity contribution in [1.82, 2.24) is 5.43 Å². The zero-order valence-electron chi connectivity index (χ0n) is 13.7. The molecule has 1 aliphatic rings. The largest absolute Gasteiger partial charge is 0.480 e. The van der Waals surface area contributed by atoms with E-state index in [2.05, 4.69) is 28.6 Å². The number of carbonyl (C=O) groups is 1. The maximum Gasteiger partial charge on any atom is 0.316 e. The number of unbranched alkanes of at least 4 members (excludes halogenated alkanes) is 3. The van der Waals surface area contributed by atoms with Gasteiger partial charge in [0.15, 0.2) is 5.50 Å². The first kappa shape index (κ1) is 20.4. The topological polar surface area (TPSA) is 124 Å². The van der Waals surface area contributed by atoms with Gasteiger partial charge in [-0.15, -0.1) is 16.9 Å². The highest BCUT2D eigenvalue weighted by Gasteiger charge is 2.27. The van der Waals surface area contributed by atoms with Crippen LogP contribution in [0.25, 0.3) is 0 Å². The Hall–Kier alpha value is -1.68. The molecule has 0 fully saturated rings. The number of aliphatic carboxylic acids is 1. The summed E-state index contributed by atoms with van der Waals surface area (Å²) in [4.78, 5) is 11.4. The first-order valence-corrected chi connectivity index (χ1v) is 8.81. The molecule has 2 rings (SSSR count). The summed E-state index contributed by atoms with van der Waals surface area (Å²) in [6, 6.07) is 9.60. The van der Waals surface area contributed by atoms with Gasteiger partial charge >= 0.3 is 5.97 Å². The second-order valence-corrected chi connectivity index (χ2v) is 6.43. The third-order valence-corrected chi connectivity index (χ3v) is 4.59. The molecule has 134 valence electrons. The highest BCUT2D eigenvalue weighted by Crippen LogP contribution is 2.27. The maximum absolute atomic E-state index is 11.4. The first-order valence-electron chi connectivity index (χ1n) is 7.87. The van der Waals surface area contributed by atoms with Gasteiger partial charge in [0.2, 0.25) is 0 Å². The Morgan fingerprint density at radius 3 is 2.67 bits per heavy atom. The third-order valence-electron chi connectivity index (χ3n) is 3.37. The van der Waals surface area contributed by atoms with E-state index in [-0.39, 0.29) is 5.50 Å². The number of anilines is 1. The molecule has 24 heavy (non-hydrogen) atoms. The van der Waals surface area contributed by atoms with E-state index in [1.807, 2.05) is 30.3 Å². The molecule has 9 heteroatoms. The Kier molecular flexibility index (Phi) is 10.0. The van der Waals surface area contributed by atoms with Gasteiger partial charge in [-0.1, -0.05) is 56.0 Å². The van der Waals surface area contributed by atoms with Gasteiger partial charge in [-0.25, -0.2) is 5.90 Å². The van der Waals surface area contributed by atoms with Crippen LogP contribution < -0.4 is 16.4 Å². The number of para-hydroxylation sites is 1. The molecule has 0 amide bonds. The normalized spacial score (nSPS) is 17.3. The number of carboxylic acid groups (broad SMARTS) is 1. The van der Waals surface area contributed by atoms with Crippen LogP contribution in [0.1, 0.15) is 39.0 Å². The van der Waals surface area contributed by atoms with Crippen molar-refractivity contribution in [3.05, 3.63) is 30.3 Å². The van der Waals surface area contributed by atoms with E-state index in [4.69, 9.17) is 5.21 Å². The predicted molar refractivity (Wildman–Crippen MR) is 94.4 cm³/mol. The molecule has 0 saturated carbocycles. The number of nitrogens with one attached hydrogen (secondary N) is 1. The number of hydrogen-bond acceptors (Lipinski definition) is 8. The van der Waals surface area contributed by atoms with E-state index >= 15 is 0 Å². The number of hydrazine groups is 1. The molecule has 0 radical (unpaired) electrons. The van der Waals surface area contributed by atoms with E-state index in [1.165, 1.54) is 11.8 Å². The summed E-state index contributed by atoms with van der Waals surface area (Å²) in [5.41, 5.74) is 3.62. The Morgan fingerprint density at radius 1 is 1.33 bits per heavy atom. The minimum Gasteiger partial charge on any atom is -0.480 e. The summed E-state index contributed by atoms with van der Waals surface area (Å²) in [5, 5.41) is 25.1. The smallest absolute Gasteiger partial charge is 0.316 e. The Labute approximate surface area is 146 Å². The van der Waals surface area contributed by atoms with Crippen LogP contribution in [-0.4, -0.2) is 27.0 Å². The maximum atomic E-state index is 11.4. The lowest BCUT2D eigenvalue weighted by Gasteiger charge is -2.17. The molecule has 0 aliphatic carbocycles. The van der Waals surface area contributed by atoms with Crippen molar-refractivity contribution in [3.63, 3.8) is 0 Å². The minimum atomic E-state index is -0.781. The van der Waals surface area contributed by atoms with Crippen molar-refractivity contribution in [2.45, 2.75) is 49.8 Å². The van der Waals surface area contributed by atoms with Crippen LogP contribution in [0, 0.1) is 0 Å². The fourth-order valence-electron chi connectivity index (χ4n) is 2.17. The summed E-state index contributed by atoms with van der Waals surface area (Å²) in [5.74, 6) is 2.72. The number of benzene rings is 1. The minimum absolute atomic E-state index is 0.354. The summed E-state index contributed by atoms with van der Waals surface area (Å²) in [6.07, 6.45) is 4.98.